The second-order valence-corrected chi connectivity index (χ2v) is 6.58. The molecule has 0 fully saturated rings. The highest BCUT2D eigenvalue weighted by molar-refractivity contribution is 7.89. The van der Waals surface area contributed by atoms with Crippen molar-refractivity contribution >= 4 is 16.0 Å². The van der Waals surface area contributed by atoms with E-state index in [1.165, 1.54) is 31.3 Å². The molecule has 0 aliphatic rings. The number of sulfonamides is 1. The zero-order valence-electron chi connectivity index (χ0n) is 12.3. The fraction of sp³-hybridized carbons (Fsp3) is 0.188. The molecule has 116 valence electrons. The predicted octanol–water partition coefficient (Wildman–Crippen LogP) is 2.51. The Morgan fingerprint density at radius 1 is 1.09 bits per heavy atom. The first-order chi connectivity index (χ1) is 10.4. The Balaban J connectivity index is 2.19. The SMILES string of the molecule is CNS(=O)(=O)c1cccc(C(=O)OC(C)c2ccccc2)c1. The van der Waals surface area contributed by atoms with Gasteiger partial charge in [-0.15, -0.1) is 0 Å². The number of benzene rings is 2. The third-order valence-electron chi connectivity index (χ3n) is 3.20. The summed E-state index contributed by atoms with van der Waals surface area (Å²) in [4.78, 5) is 12.2. The van der Waals surface area contributed by atoms with E-state index < -0.39 is 22.1 Å². The normalized spacial score (nSPS) is 12.6. The summed E-state index contributed by atoms with van der Waals surface area (Å²) in [5.74, 6) is -0.565. The van der Waals surface area contributed by atoms with Crippen LogP contribution in [0.5, 0.6) is 0 Å². The number of ether oxygens (including phenoxy) is 1. The zero-order valence-corrected chi connectivity index (χ0v) is 13.1. The van der Waals surface area contributed by atoms with E-state index in [0.29, 0.717) is 0 Å². The van der Waals surface area contributed by atoms with Gasteiger partial charge in [0.15, 0.2) is 0 Å². The molecule has 0 aromatic heterocycles. The maximum Gasteiger partial charge on any atom is 0.338 e. The van der Waals surface area contributed by atoms with Gasteiger partial charge in [-0.3, -0.25) is 0 Å². The Hall–Kier alpha value is -2.18. The van der Waals surface area contributed by atoms with Crippen LogP contribution in [0.1, 0.15) is 28.9 Å². The lowest BCUT2D eigenvalue weighted by Crippen LogP contribution is -2.19. The van der Waals surface area contributed by atoms with E-state index >= 15 is 0 Å². The lowest BCUT2D eigenvalue weighted by atomic mass is 10.1. The molecule has 0 saturated heterocycles. The molecule has 0 radical (unpaired) electrons. The lowest BCUT2D eigenvalue weighted by molar-refractivity contribution is 0.0337. The van der Waals surface area contributed by atoms with Crippen LogP contribution in [-0.2, 0) is 14.8 Å². The molecule has 2 rings (SSSR count). The minimum Gasteiger partial charge on any atom is -0.454 e. The van der Waals surface area contributed by atoms with Gasteiger partial charge in [0.2, 0.25) is 10.0 Å². The van der Waals surface area contributed by atoms with Crippen LogP contribution in [0.3, 0.4) is 0 Å². The van der Waals surface area contributed by atoms with E-state index in [1.807, 2.05) is 30.3 Å². The van der Waals surface area contributed by atoms with Gasteiger partial charge in [-0.25, -0.2) is 17.9 Å². The fourth-order valence-corrected chi connectivity index (χ4v) is 2.70. The summed E-state index contributed by atoms with van der Waals surface area (Å²) in [6.45, 7) is 1.77. The van der Waals surface area contributed by atoms with Crippen molar-refractivity contribution < 1.29 is 17.9 Å². The summed E-state index contributed by atoms with van der Waals surface area (Å²) in [6, 6.07) is 15.1. The Morgan fingerprint density at radius 3 is 2.41 bits per heavy atom. The number of nitrogens with one attached hydrogen (secondary N) is 1. The van der Waals surface area contributed by atoms with Crippen LogP contribution in [0.15, 0.2) is 59.5 Å². The molecule has 1 atom stereocenters. The molecule has 0 aliphatic heterocycles. The second-order valence-electron chi connectivity index (χ2n) is 4.69. The van der Waals surface area contributed by atoms with Crippen molar-refractivity contribution in [3.05, 3.63) is 65.7 Å². The molecule has 0 spiro atoms. The minimum absolute atomic E-state index is 0.0248. The molecule has 0 bridgehead atoms. The Kier molecular flexibility index (Phi) is 4.95. The standard InChI is InChI=1S/C16H17NO4S/c1-12(13-7-4-3-5-8-13)21-16(18)14-9-6-10-15(11-14)22(19,20)17-2/h3-12,17H,1-2H3. The van der Waals surface area contributed by atoms with Gasteiger partial charge in [0.05, 0.1) is 10.5 Å². The molecule has 1 unspecified atom stereocenters. The first-order valence-corrected chi connectivity index (χ1v) is 8.22. The monoisotopic (exact) mass is 319 g/mol. The van der Waals surface area contributed by atoms with Crippen molar-refractivity contribution in [2.45, 2.75) is 17.9 Å². The largest absolute Gasteiger partial charge is 0.454 e. The summed E-state index contributed by atoms with van der Waals surface area (Å²) in [7, 11) is -2.28. The van der Waals surface area contributed by atoms with Crippen LogP contribution in [-0.4, -0.2) is 21.4 Å². The molecule has 0 saturated carbocycles. The van der Waals surface area contributed by atoms with Gasteiger partial charge in [-0.05, 0) is 37.7 Å². The summed E-state index contributed by atoms with van der Waals surface area (Å²) >= 11 is 0. The summed E-state index contributed by atoms with van der Waals surface area (Å²) in [6.07, 6.45) is -0.418. The molecule has 0 aliphatic carbocycles. The molecular weight excluding hydrogens is 302 g/mol. The molecule has 5 nitrogen and oxygen atoms in total. The van der Waals surface area contributed by atoms with Crippen LogP contribution in [0.25, 0.3) is 0 Å². The van der Waals surface area contributed by atoms with Crippen molar-refractivity contribution in [1.29, 1.82) is 0 Å². The first kappa shape index (κ1) is 16.2. The maximum absolute atomic E-state index is 12.2. The molecule has 0 amide bonds. The van der Waals surface area contributed by atoms with Gasteiger partial charge >= 0.3 is 5.97 Å². The van der Waals surface area contributed by atoms with Crippen LogP contribution >= 0.6 is 0 Å². The summed E-state index contributed by atoms with van der Waals surface area (Å²) in [5.41, 5.74) is 1.06. The smallest absolute Gasteiger partial charge is 0.338 e. The van der Waals surface area contributed by atoms with Gasteiger partial charge < -0.3 is 4.74 Å². The van der Waals surface area contributed by atoms with Crippen LogP contribution in [0, 0.1) is 0 Å². The highest BCUT2D eigenvalue weighted by atomic mass is 32.2. The maximum atomic E-state index is 12.2. The number of esters is 1. The second kappa shape index (κ2) is 6.72. The number of hydrogen-bond donors (Lipinski definition) is 1. The highest BCUT2D eigenvalue weighted by Crippen LogP contribution is 2.19. The van der Waals surface area contributed by atoms with E-state index in [0.717, 1.165) is 5.56 Å². The van der Waals surface area contributed by atoms with E-state index in [9.17, 15) is 13.2 Å². The predicted molar refractivity (Wildman–Crippen MR) is 83.0 cm³/mol. The average Bonchev–Trinajstić information content (AvgIpc) is 2.55. The van der Waals surface area contributed by atoms with Crippen molar-refractivity contribution in [1.82, 2.24) is 4.72 Å². The van der Waals surface area contributed by atoms with Crippen molar-refractivity contribution in [2.24, 2.45) is 0 Å². The van der Waals surface area contributed by atoms with Gasteiger partial charge in [0.1, 0.15) is 6.10 Å². The van der Waals surface area contributed by atoms with Crippen molar-refractivity contribution in [3.8, 4) is 0 Å². The van der Waals surface area contributed by atoms with Crippen LogP contribution in [0.4, 0.5) is 0 Å². The van der Waals surface area contributed by atoms with Crippen molar-refractivity contribution in [3.63, 3.8) is 0 Å². The molecular formula is C16H17NO4S. The Morgan fingerprint density at radius 2 is 1.77 bits per heavy atom. The molecule has 0 heterocycles. The van der Waals surface area contributed by atoms with Gasteiger partial charge in [-0.1, -0.05) is 36.4 Å². The molecule has 6 heteroatoms. The van der Waals surface area contributed by atoms with Gasteiger partial charge in [0, 0.05) is 0 Å². The summed E-state index contributed by atoms with van der Waals surface area (Å²) in [5, 5.41) is 0. The van der Waals surface area contributed by atoms with E-state index in [-0.39, 0.29) is 10.5 Å². The third-order valence-corrected chi connectivity index (χ3v) is 4.61. The van der Waals surface area contributed by atoms with Crippen molar-refractivity contribution in [2.75, 3.05) is 7.05 Å². The minimum atomic E-state index is -3.59. The molecule has 22 heavy (non-hydrogen) atoms. The lowest BCUT2D eigenvalue weighted by Gasteiger charge is -2.14. The highest BCUT2D eigenvalue weighted by Gasteiger charge is 2.17. The first-order valence-electron chi connectivity index (χ1n) is 6.73. The number of rotatable bonds is 5. The molecule has 1 N–H and O–H groups in total. The van der Waals surface area contributed by atoms with E-state index in [4.69, 9.17) is 4.74 Å². The van der Waals surface area contributed by atoms with E-state index in [1.54, 1.807) is 6.92 Å². The fourth-order valence-electron chi connectivity index (χ4n) is 1.93. The van der Waals surface area contributed by atoms with Crippen LogP contribution < -0.4 is 4.72 Å². The molecule has 2 aromatic carbocycles. The molecule has 2 aromatic rings. The topological polar surface area (TPSA) is 72.5 Å². The number of carbonyl (C=O) groups is 1. The number of carbonyl (C=O) groups excluding carboxylic acids is 1. The quantitative estimate of drug-likeness (QED) is 0.860. The third kappa shape index (κ3) is 3.72. The van der Waals surface area contributed by atoms with Gasteiger partial charge in [0.25, 0.3) is 0 Å². The summed E-state index contributed by atoms with van der Waals surface area (Å²) < 4.78 is 31.1. The Labute approximate surface area is 130 Å². The van der Waals surface area contributed by atoms with Crippen LogP contribution in [0.2, 0.25) is 0 Å². The van der Waals surface area contributed by atoms with Gasteiger partial charge in [-0.2, -0.15) is 0 Å². The zero-order chi connectivity index (χ0) is 16.2. The average molecular weight is 319 g/mol. The number of hydrogen-bond acceptors (Lipinski definition) is 4. The van der Waals surface area contributed by atoms with E-state index in [2.05, 4.69) is 4.72 Å². The Bertz CT molecular complexity index is 757.